The maximum atomic E-state index is 5.53. The fraction of sp³-hybridized carbons (Fsp3) is 0.750. The molecule has 0 bridgehead atoms. The minimum Gasteiger partial charge on any atom is -0.267 e. The molecule has 0 unspecified atom stereocenters. The molecule has 4 heteroatoms. The maximum absolute atomic E-state index is 5.53. The van der Waals surface area contributed by atoms with Gasteiger partial charge in [-0.1, -0.05) is 23.4 Å². The number of nitrogens with zero attached hydrogens (tertiary/aromatic N) is 1. The molecule has 0 aliphatic carbocycles. The quantitative estimate of drug-likeness (QED) is 0.545. The van der Waals surface area contributed by atoms with Crippen LogP contribution in [0.2, 0.25) is 0 Å². The van der Waals surface area contributed by atoms with Crippen molar-refractivity contribution in [1.82, 2.24) is 0 Å². The normalized spacial score (nSPS) is 18.9. The highest BCUT2D eigenvalue weighted by molar-refractivity contribution is 8.16. The Kier molecular flexibility index (Phi) is 4.81. The zero-order chi connectivity index (χ0) is 5.11. The van der Waals surface area contributed by atoms with Gasteiger partial charge >= 0.3 is 0 Å². The Balaban J connectivity index is 0.000000490. The minimum absolute atomic E-state index is 0. The first kappa shape index (κ1) is 8.60. The van der Waals surface area contributed by atoms with Crippen LogP contribution in [0.4, 0.5) is 0 Å². The largest absolute Gasteiger partial charge is 0.267 e. The average Bonchev–Trinajstić information content (AvgIpc) is 1.69. The molecule has 0 aromatic carbocycles. The topological polar surface area (TPSA) is 12.4 Å². The van der Waals surface area contributed by atoms with Crippen molar-refractivity contribution in [2.45, 2.75) is 6.42 Å². The summed E-state index contributed by atoms with van der Waals surface area (Å²) in [5, 5.41) is 0. The van der Waals surface area contributed by atoms with Gasteiger partial charge in [0.2, 0.25) is 0 Å². The minimum atomic E-state index is 0. The van der Waals surface area contributed by atoms with Crippen LogP contribution in [0.25, 0.3) is 0 Å². The van der Waals surface area contributed by atoms with Gasteiger partial charge in [-0.25, -0.2) is 0 Å². The molecule has 48 valence electrons. The predicted molar refractivity (Wildman–Crippen MR) is 42.5 cm³/mol. The van der Waals surface area contributed by atoms with E-state index in [1.165, 1.54) is 6.42 Å². The van der Waals surface area contributed by atoms with Gasteiger partial charge in [0, 0.05) is 12.3 Å². The lowest BCUT2D eigenvalue weighted by Crippen LogP contribution is -1.95. The third-order valence-corrected chi connectivity index (χ3v) is 2.07. The van der Waals surface area contributed by atoms with E-state index in [9.17, 15) is 0 Å². The van der Waals surface area contributed by atoms with Gasteiger partial charge in [0.1, 0.15) is 0 Å². The number of hydrogen-bond acceptors (Lipinski definition) is 2. The molecule has 0 aromatic rings. The van der Waals surface area contributed by atoms with Gasteiger partial charge < -0.3 is 0 Å². The highest BCUT2D eigenvalue weighted by Gasteiger charge is 1.99. The van der Waals surface area contributed by atoms with E-state index in [-0.39, 0.29) is 12.4 Å². The van der Waals surface area contributed by atoms with Crippen molar-refractivity contribution in [3.05, 3.63) is 0 Å². The predicted octanol–water partition coefficient (Wildman–Crippen LogP) is 2.14. The number of hydrogen-bond donors (Lipinski definition) is 0. The Hall–Kier alpha value is 0.600. The van der Waals surface area contributed by atoms with Crippen molar-refractivity contribution in [2.24, 2.45) is 4.99 Å². The molecule has 0 radical (unpaired) electrons. The Morgan fingerprint density at radius 1 is 1.62 bits per heavy atom. The molecule has 1 nitrogen and oxygen atoms in total. The van der Waals surface area contributed by atoms with E-state index in [1.54, 1.807) is 11.8 Å². The van der Waals surface area contributed by atoms with Gasteiger partial charge in [-0.05, 0) is 6.42 Å². The van der Waals surface area contributed by atoms with Crippen molar-refractivity contribution < 1.29 is 0 Å². The third kappa shape index (κ3) is 2.80. The Labute approximate surface area is 64.3 Å². The summed E-state index contributed by atoms with van der Waals surface area (Å²) in [7, 11) is 0. The summed E-state index contributed by atoms with van der Waals surface area (Å²) < 4.78 is 0.728. The van der Waals surface area contributed by atoms with Crippen molar-refractivity contribution in [3.8, 4) is 0 Å². The van der Waals surface area contributed by atoms with Crippen LogP contribution in [0.5, 0.6) is 0 Å². The maximum Gasteiger partial charge on any atom is 0.158 e. The molecule has 1 aliphatic rings. The summed E-state index contributed by atoms with van der Waals surface area (Å²) >= 11 is 7.16. The van der Waals surface area contributed by atoms with Gasteiger partial charge in [-0.15, -0.1) is 12.4 Å². The van der Waals surface area contributed by atoms with Gasteiger partial charge in [0.25, 0.3) is 0 Å². The van der Waals surface area contributed by atoms with E-state index < -0.39 is 0 Å². The smallest absolute Gasteiger partial charge is 0.158 e. The number of halogens is 2. The average molecular weight is 172 g/mol. The highest BCUT2D eigenvalue weighted by Crippen LogP contribution is 2.13. The van der Waals surface area contributed by atoms with Crippen LogP contribution < -0.4 is 0 Å². The van der Waals surface area contributed by atoms with Crippen molar-refractivity contribution >= 4 is 40.3 Å². The van der Waals surface area contributed by atoms with E-state index in [4.69, 9.17) is 11.6 Å². The standard InChI is InChI=1S/C4H6ClNS.ClH/c5-4-6-2-1-3-7-4;/h1-3H2;1H. The molecule has 0 amide bonds. The zero-order valence-corrected chi connectivity index (χ0v) is 6.65. The Morgan fingerprint density at radius 2 is 2.38 bits per heavy atom. The lowest BCUT2D eigenvalue weighted by molar-refractivity contribution is 0.942. The fourth-order valence-electron chi connectivity index (χ4n) is 0.434. The molecule has 1 heterocycles. The lowest BCUT2D eigenvalue weighted by Gasteiger charge is -2.02. The molecule has 1 aliphatic heterocycles. The first-order chi connectivity index (χ1) is 3.39. The number of thioether (sulfide) groups is 1. The summed E-state index contributed by atoms with van der Waals surface area (Å²) in [5.41, 5.74) is 0. The van der Waals surface area contributed by atoms with E-state index in [2.05, 4.69) is 4.99 Å². The van der Waals surface area contributed by atoms with Gasteiger partial charge in [0.15, 0.2) is 4.50 Å². The summed E-state index contributed by atoms with van der Waals surface area (Å²) in [6.07, 6.45) is 1.18. The van der Waals surface area contributed by atoms with Gasteiger partial charge in [-0.2, -0.15) is 0 Å². The molecule has 0 spiro atoms. The van der Waals surface area contributed by atoms with Crippen LogP contribution in [0.3, 0.4) is 0 Å². The van der Waals surface area contributed by atoms with E-state index in [0.29, 0.717) is 0 Å². The second-order valence-corrected chi connectivity index (χ2v) is 3.00. The van der Waals surface area contributed by atoms with Crippen LogP contribution >= 0.6 is 35.8 Å². The van der Waals surface area contributed by atoms with Crippen LogP contribution in [-0.2, 0) is 0 Å². The first-order valence-corrected chi connectivity index (χ1v) is 3.59. The molecule has 0 N–H and O–H groups in total. The lowest BCUT2D eigenvalue weighted by atomic mass is 10.5. The molecular formula is C4H7Cl2NS. The molecule has 1 rings (SSSR count). The number of aliphatic imine (C=N–C) groups is 1. The summed E-state index contributed by atoms with van der Waals surface area (Å²) in [6, 6.07) is 0. The second kappa shape index (κ2) is 4.48. The van der Waals surface area contributed by atoms with Gasteiger partial charge in [0.05, 0.1) is 0 Å². The summed E-state index contributed by atoms with van der Waals surface area (Å²) in [5.74, 6) is 1.14. The molecule has 0 saturated heterocycles. The van der Waals surface area contributed by atoms with E-state index in [0.717, 1.165) is 16.8 Å². The van der Waals surface area contributed by atoms with Crippen LogP contribution in [0.1, 0.15) is 6.42 Å². The van der Waals surface area contributed by atoms with Crippen LogP contribution in [0, 0.1) is 0 Å². The molecule has 0 fully saturated rings. The highest BCUT2D eigenvalue weighted by atomic mass is 35.5. The zero-order valence-electron chi connectivity index (χ0n) is 4.26. The van der Waals surface area contributed by atoms with Crippen LogP contribution in [-0.4, -0.2) is 16.8 Å². The molecule has 0 aromatic heterocycles. The van der Waals surface area contributed by atoms with Gasteiger partial charge in [-0.3, -0.25) is 4.99 Å². The molecule has 0 saturated carbocycles. The summed E-state index contributed by atoms with van der Waals surface area (Å²) in [6.45, 7) is 0.922. The monoisotopic (exact) mass is 171 g/mol. The van der Waals surface area contributed by atoms with Crippen molar-refractivity contribution in [2.75, 3.05) is 12.3 Å². The molecule has 8 heavy (non-hydrogen) atoms. The van der Waals surface area contributed by atoms with E-state index in [1.807, 2.05) is 0 Å². The molecule has 0 atom stereocenters. The van der Waals surface area contributed by atoms with Crippen molar-refractivity contribution in [3.63, 3.8) is 0 Å². The SMILES string of the molecule is Cl.ClC1=NCCCS1. The first-order valence-electron chi connectivity index (χ1n) is 2.22. The Morgan fingerprint density at radius 3 is 2.62 bits per heavy atom. The fourth-order valence-corrected chi connectivity index (χ4v) is 1.37. The van der Waals surface area contributed by atoms with Crippen LogP contribution in [0.15, 0.2) is 4.99 Å². The Bertz CT molecular complexity index is 94.0. The second-order valence-electron chi connectivity index (χ2n) is 1.34. The number of rotatable bonds is 0. The molecular weight excluding hydrogens is 165 g/mol. The van der Waals surface area contributed by atoms with Crippen molar-refractivity contribution in [1.29, 1.82) is 0 Å². The third-order valence-electron chi connectivity index (χ3n) is 0.760. The van der Waals surface area contributed by atoms with E-state index >= 15 is 0 Å². The summed E-state index contributed by atoms with van der Waals surface area (Å²) in [4.78, 5) is 3.97.